The lowest BCUT2D eigenvalue weighted by atomic mass is 10.1. The lowest BCUT2D eigenvalue weighted by molar-refractivity contribution is 0.0275. The normalized spacial score (nSPS) is 20.6. The van der Waals surface area contributed by atoms with Gasteiger partial charge in [-0.3, -0.25) is 4.79 Å². The molecular formula is C14H23ClN4O2. The summed E-state index contributed by atoms with van der Waals surface area (Å²) >= 11 is 6.25. The molecule has 1 aliphatic rings. The molecule has 21 heavy (non-hydrogen) atoms. The zero-order valence-electron chi connectivity index (χ0n) is 12.6. The second kappa shape index (κ2) is 7.24. The lowest BCUT2D eigenvalue weighted by Crippen LogP contribution is -2.50. The Balaban J connectivity index is 2.20. The molecule has 0 aliphatic carbocycles. The quantitative estimate of drug-likeness (QED) is 0.885. The number of rotatable bonds is 5. The van der Waals surface area contributed by atoms with Crippen LogP contribution < -0.4 is 16.2 Å². The molecule has 0 aromatic carbocycles. The van der Waals surface area contributed by atoms with E-state index < -0.39 is 0 Å². The zero-order valence-corrected chi connectivity index (χ0v) is 13.3. The Bertz CT molecular complexity index is 532. The van der Waals surface area contributed by atoms with Gasteiger partial charge in [-0.05, 0) is 13.3 Å². The van der Waals surface area contributed by atoms with Crippen LogP contribution in [-0.2, 0) is 11.3 Å². The van der Waals surface area contributed by atoms with Crippen molar-refractivity contribution in [2.75, 3.05) is 24.6 Å². The van der Waals surface area contributed by atoms with Gasteiger partial charge in [-0.25, -0.2) is 4.68 Å². The fourth-order valence-electron chi connectivity index (χ4n) is 2.36. The van der Waals surface area contributed by atoms with Crippen molar-refractivity contribution in [2.24, 2.45) is 5.73 Å². The van der Waals surface area contributed by atoms with Crippen molar-refractivity contribution < 1.29 is 4.74 Å². The van der Waals surface area contributed by atoms with Gasteiger partial charge in [0.05, 0.1) is 24.6 Å². The molecule has 0 amide bonds. The highest BCUT2D eigenvalue weighted by molar-refractivity contribution is 6.33. The fraction of sp³-hybridized carbons (Fsp3) is 0.714. The molecule has 2 N–H and O–H groups in total. The average Bonchev–Trinajstić information content (AvgIpc) is 2.49. The minimum Gasteiger partial charge on any atom is -0.373 e. The van der Waals surface area contributed by atoms with E-state index in [0.717, 1.165) is 12.8 Å². The SMILES string of the molecule is CCCCn1ncc(N2CCOC(C(C)N)C2)c(Cl)c1=O. The van der Waals surface area contributed by atoms with Crippen LogP contribution in [0.3, 0.4) is 0 Å². The number of ether oxygens (including phenoxy) is 1. The smallest absolute Gasteiger partial charge is 0.287 e. The summed E-state index contributed by atoms with van der Waals surface area (Å²) in [5.74, 6) is 0. The first-order valence-corrected chi connectivity index (χ1v) is 7.80. The molecule has 0 spiro atoms. The molecule has 1 saturated heterocycles. The topological polar surface area (TPSA) is 73.4 Å². The van der Waals surface area contributed by atoms with E-state index in [9.17, 15) is 4.79 Å². The van der Waals surface area contributed by atoms with Crippen LogP contribution in [0.2, 0.25) is 5.02 Å². The van der Waals surface area contributed by atoms with Gasteiger partial charge in [0, 0.05) is 25.7 Å². The largest absolute Gasteiger partial charge is 0.373 e. The summed E-state index contributed by atoms with van der Waals surface area (Å²) in [5, 5.41) is 4.46. The Morgan fingerprint density at radius 2 is 2.38 bits per heavy atom. The molecule has 0 saturated carbocycles. The van der Waals surface area contributed by atoms with Gasteiger partial charge in [-0.1, -0.05) is 24.9 Å². The predicted octanol–water partition coefficient (Wildman–Crippen LogP) is 1.25. The third-order valence-electron chi connectivity index (χ3n) is 3.71. The molecule has 6 nitrogen and oxygen atoms in total. The molecule has 2 unspecified atom stereocenters. The Hall–Kier alpha value is -1.11. The summed E-state index contributed by atoms with van der Waals surface area (Å²) in [5.41, 5.74) is 6.33. The molecule has 1 aromatic rings. The van der Waals surface area contributed by atoms with Crippen LogP contribution in [0.4, 0.5) is 5.69 Å². The van der Waals surface area contributed by atoms with Crippen LogP contribution >= 0.6 is 11.6 Å². The summed E-state index contributed by atoms with van der Waals surface area (Å²) in [4.78, 5) is 14.3. The number of nitrogens with zero attached hydrogens (tertiary/aromatic N) is 3. The fourth-order valence-corrected chi connectivity index (χ4v) is 2.62. The molecular weight excluding hydrogens is 292 g/mol. The van der Waals surface area contributed by atoms with E-state index in [4.69, 9.17) is 22.1 Å². The lowest BCUT2D eigenvalue weighted by Gasteiger charge is -2.36. The molecule has 0 radical (unpaired) electrons. The van der Waals surface area contributed by atoms with Gasteiger partial charge >= 0.3 is 0 Å². The van der Waals surface area contributed by atoms with Gasteiger partial charge in [0.15, 0.2) is 0 Å². The van der Waals surface area contributed by atoms with Crippen LogP contribution in [0.15, 0.2) is 11.0 Å². The van der Waals surface area contributed by atoms with Crippen molar-refractivity contribution in [3.05, 3.63) is 21.6 Å². The molecule has 2 heterocycles. The van der Waals surface area contributed by atoms with Gasteiger partial charge in [0.2, 0.25) is 0 Å². The molecule has 1 fully saturated rings. The van der Waals surface area contributed by atoms with Crippen LogP contribution in [0.1, 0.15) is 26.7 Å². The highest BCUT2D eigenvalue weighted by atomic mass is 35.5. The molecule has 2 atom stereocenters. The number of nitrogens with two attached hydrogens (primary N) is 1. The third kappa shape index (κ3) is 3.75. The summed E-state index contributed by atoms with van der Waals surface area (Å²) < 4.78 is 7.05. The van der Waals surface area contributed by atoms with Crippen molar-refractivity contribution in [3.63, 3.8) is 0 Å². The number of hydrogen-bond donors (Lipinski definition) is 1. The average molecular weight is 315 g/mol. The van der Waals surface area contributed by atoms with Crippen molar-refractivity contribution in [1.82, 2.24) is 9.78 Å². The van der Waals surface area contributed by atoms with Gasteiger partial charge in [-0.15, -0.1) is 0 Å². The maximum atomic E-state index is 12.2. The molecule has 1 aliphatic heterocycles. The van der Waals surface area contributed by atoms with E-state index in [2.05, 4.69) is 12.0 Å². The summed E-state index contributed by atoms with van der Waals surface area (Å²) in [6, 6.07) is -0.0653. The number of hydrogen-bond acceptors (Lipinski definition) is 5. The van der Waals surface area contributed by atoms with Crippen molar-refractivity contribution >= 4 is 17.3 Å². The molecule has 7 heteroatoms. The van der Waals surface area contributed by atoms with E-state index >= 15 is 0 Å². The zero-order chi connectivity index (χ0) is 15.4. The predicted molar refractivity (Wildman–Crippen MR) is 84.0 cm³/mol. The van der Waals surface area contributed by atoms with Crippen LogP contribution in [-0.4, -0.2) is 41.6 Å². The van der Waals surface area contributed by atoms with Gasteiger partial charge in [0.1, 0.15) is 5.02 Å². The highest BCUT2D eigenvalue weighted by Crippen LogP contribution is 2.23. The van der Waals surface area contributed by atoms with Crippen LogP contribution in [0.5, 0.6) is 0 Å². The Kier molecular flexibility index (Phi) is 5.61. The van der Waals surface area contributed by atoms with Crippen LogP contribution in [0.25, 0.3) is 0 Å². The van der Waals surface area contributed by atoms with Crippen molar-refractivity contribution in [2.45, 2.75) is 45.4 Å². The number of aryl methyl sites for hydroxylation is 1. The first-order valence-electron chi connectivity index (χ1n) is 7.42. The Morgan fingerprint density at radius 1 is 1.62 bits per heavy atom. The second-order valence-corrected chi connectivity index (χ2v) is 5.82. The van der Waals surface area contributed by atoms with E-state index in [0.29, 0.717) is 31.9 Å². The van der Waals surface area contributed by atoms with Gasteiger partial charge in [0.25, 0.3) is 5.56 Å². The van der Waals surface area contributed by atoms with Gasteiger partial charge < -0.3 is 15.4 Å². The maximum Gasteiger partial charge on any atom is 0.287 e. The van der Waals surface area contributed by atoms with E-state index in [1.54, 1.807) is 6.20 Å². The molecule has 0 bridgehead atoms. The first-order chi connectivity index (χ1) is 10.0. The number of aromatic nitrogens is 2. The summed E-state index contributed by atoms with van der Waals surface area (Å²) in [6.07, 6.45) is 3.53. The minimum absolute atomic E-state index is 0.0580. The van der Waals surface area contributed by atoms with E-state index in [1.165, 1.54) is 4.68 Å². The van der Waals surface area contributed by atoms with Gasteiger partial charge in [-0.2, -0.15) is 5.10 Å². The summed E-state index contributed by atoms with van der Waals surface area (Å²) in [7, 11) is 0. The standard InChI is InChI=1S/C14H23ClN4O2/c1-3-4-5-19-14(20)13(15)11(8-17-19)18-6-7-21-12(9-18)10(2)16/h8,10,12H,3-7,9,16H2,1-2H3. The number of morpholine rings is 1. The number of halogens is 1. The van der Waals surface area contributed by atoms with E-state index in [-0.39, 0.29) is 22.7 Å². The molecule has 118 valence electrons. The van der Waals surface area contributed by atoms with Crippen molar-refractivity contribution in [1.29, 1.82) is 0 Å². The van der Waals surface area contributed by atoms with Crippen LogP contribution in [0, 0.1) is 0 Å². The van der Waals surface area contributed by atoms with Crippen molar-refractivity contribution in [3.8, 4) is 0 Å². The Labute approximate surface area is 129 Å². The third-order valence-corrected chi connectivity index (χ3v) is 4.07. The second-order valence-electron chi connectivity index (χ2n) is 5.44. The van der Waals surface area contributed by atoms with E-state index in [1.807, 2.05) is 11.8 Å². The molecule has 2 rings (SSSR count). The number of unbranched alkanes of at least 4 members (excludes halogenated alkanes) is 1. The maximum absolute atomic E-state index is 12.2. The monoisotopic (exact) mass is 314 g/mol. The molecule has 1 aromatic heterocycles. The minimum atomic E-state index is -0.230. The highest BCUT2D eigenvalue weighted by Gasteiger charge is 2.26. The first kappa shape index (κ1) is 16.3. The number of anilines is 1. The Morgan fingerprint density at radius 3 is 3.05 bits per heavy atom. The summed E-state index contributed by atoms with van der Waals surface area (Å²) in [6.45, 7) is 6.46.